The van der Waals surface area contributed by atoms with Gasteiger partial charge in [0.2, 0.25) is 5.95 Å². The summed E-state index contributed by atoms with van der Waals surface area (Å²) < 4.78 is 2.82. The molecule has 1 aliphatic rings. The molecule has 0 aliphatic carbocycles. The molecule has 3 rings (SSSR count). The number of rotatable bonds is 4. The fraction of sp³-hybridized carbons (Fsp3) is 0.538. The third kappa shape index (κ3) is 2.47. The number of nitrogens with one attached hydrogen (secondary N) is 1. The molecule has 1 saturated heterocycles. The Balaban J connectivity index is 1.97. The quantitative estimate of drug-likeness (QED) is 0.935. The molecule has 1 N–H and O–H groups in total. The van der Waals surface area contributed by atoms with Crippen LogP contribution in [0.4, 0.5) is 5.95 Å². The highest BCUT2D eigenvalue weighted by atomic mass is 79.9. The molecule has 1 aliphatic heterocycles. The molecule has 0 radical (unpaired) electrons. The van der Waals surface area contributed by atoms with Gasteiger partial charge < -0.3 is 10.2 Å². The lowest BCUT2D eigenvalue weighted by Crippen LogP contribution is -2.38. The van der Waals surface area contributed by atoms with Gasteiger partial charge in [0, 0.05) is 25.3 Å². The standard InChI is InChI=1S/C13H18BrN5/c1-2-7-18(10-5-6-15-9-10)13-16-12-11(14)4-3-8-19(12)17-13/h3-4,8,10,15H,2,5-7,9H2,1H3. The first kappa shape index (κ1) is 12.9. The van der Waals surface area contributed by atoms with E-state index in [1.54, 1.807) is 0 Å². The summed E-state index contributed by atoms with van der Waals surface area (Å²) in [6.45, 7) is 5.31. The van der Waals surface area contributed by atoms with Gasteiger partial charge in [-0.3, -0.25) is 0 Å². The second-order valence-electron chi connectivity index (χ2n) is 4.88. The van der Waals surface area contributed by atoms with Crippen LogP contribution in [0.5, 0.6) is 0 Å². The maximum Gasteiger partial charge on any atom is 0.246 e. The zero-order valence-electron chi connectivity index (χ0n) is 11.0. The molecule has 5 nitrogen and oxygen atoms in total. The summed E-state index contributed by atoms with van der Waals surface area (Å²) in [5, 5.41) is 8.02. The van der Waals surface area contributed by atoms with E-state index < -0.39 is 0 Å². The summed E-state index contributed by atoms with van der Waals surface area (Å²) >= 11 is 3.53. The SMILES string of the molecule is CCCN(c1nc2c(Br)cccn2n1)C1CCNC1. The van der Waals surface area contributed by atoms with Crippen molar-refractivity contribution in [3.8, 4) is 0 Å². The maximum atomic E-state index is 4.68. The smallest absolute Gasteiger partial charge is 0.246 e. The molecule has 0 saturated carbocycles. The molecule has 2 aromatic heterocycles. The summed E-state index contributed by atoms with van der Waals surface area (Å²) in [4.78, 5) is 7.01. The van der Waals surface area contributed by atoms with E-state index in [9.17, 15) is 0 Å². The van der Waals surface area contributed by atoms with Gasteiger partial charge in [0.05, 0.1) is 4.47 Å². The molecule has 102 valence electrons. The normalized spacial score (nSPS) is 19.2. The van der Waals surface area contributed by atoms with E-state index in [2.05, 4.69) is 43.2 Å². The van der Waals surface area contributed by atoms with Crippen molar-refractivity contribution in [3.05, 3.63) is 22.8 Å². The lowest BCUT2D eigenvalue weighted by molar-refractivity contribution is 0.609. The Morgan fingerprint density at radius 2 is 2.47 bits per heavy atom. The van der Waals surface area contributed by atoms with Crippen molar-refractivity contribution in [2.75, 3.05) is 24.5 Å². The van der Waals surface area contributed by atoms with Crippen LogP contribution in [0, 0.1) is 0 Å². The van der Waals surface area contributed by atoms with E-state index in [4.69, 9.17) is 0 Å². The lowest BCUT2D eigenvalue weighted by Gasteiger charge is -2.26. The third-order valence-corrected chi connectivity index (χ3v) is 4.12. The van der Waals surface area contributed by atoms with Gasteiger partial charge in [-0.1, -0.05) is 6.92 Å². The number of hydrogen-bond acceptors (Lipinski definition) is 4. The van der Waals surface area contributed by atoms with Gasteiger partial charge in [-0.15, -0.1) is 5.10 Å². The predicted molar refractivity (Wildman–Crippen MR) is 79.6 cm³/mol. The second kappa shape index (κ2) is 5.46. The average Bonchev–Trinajstić information content (AvgIpc) is 3.05. The van der Waals surface area contributed by atoms with Gasteiger partial charge in [-0.25, -0.2) is 4.52 Å². The van der Waals surface area contributed by atoms with Gasteiger partial charge in [-0.2, -0.15) is 4.98 Å². The van der Waals surface area contributed by atoms with Crippen LogP contribution in [-0.2, 0) is 0 Å². The maximum absolute atomic E-state index is 4.68. The fourth-order valence-corrected chi connectivity index (χ4v) is 3.00. The molecule has 1 fully saturated rings. The van der Waals surface area contributed by atoms with Crippen molar-refractivity contribution in [3.63, 3.8) is 0 Å². The number of anilines is 1. The Morgan fingerprint density at radius 3 is 3.16 bits per heavy atom. The minimum Gasteiger partial charge on any atom is -0.335 e. The van der Waals surface area contributed by atoms with E-state index in [-0.39, 0.29) is 0 Å². The molecule has 6 heteroatoms. The van der Waals surface area contributed by atoms with Gasteiger partial charge in [0.1, 0.15) is 0 Å². The summed E-state index contributed by atoms with van der Waals surface area (Å²) in [6, 6.07) is 4.47. The van der Waals surface area contributed by atoms with E-state index >= 15 is 0 Å². The highest BCUT2D eigenvalue weighted by Crippen LogP contribution is 2.21. The number of halogens is 1. The van der Waals surface area contributed by atoms with Gasteiger partial charge in [0.15, 0.2) is 5.65 Å². The van der Waals surface area contributed by atoms with Gasteiger partial charge in [-0.05, 0) is 47.4 Å². The molecule has 1 atom stereocenters. The Hall–Kier alpha value is -1.14. The Labute approximate surface area is 121 Å². The highest BCUT2D eigenvalue weighted by Gasteiger charge is 2.25. The van der Waals surface area contributed by atoms with Crippen LogP contribution in [0.25, 0.3) is 5.65 Å². The van der Waals surface area contributed by atoms with Crippen molar-refractivity contribution >= 4 is 27.5 Å². The van der Waals surface area contributed by atoms with Crippen LogP contribution >= 0.6 is 15.9 Å². The van der Waals surface area contributed by atoms with Crippen LogP contribution in [-0.4, -0.2) is 40.3 Å². The molecule has 2 aromatic rings. The molecule has 0 aromatic carbocycles. The molecular formula is C13H18BrN5. The summed E-state index contributed by atoms with van der Waals surface area (Å²) in [6.07, 6.45) is 4.21. The molecule has 0 amide bonds. The molecule has 1 unspecified atom stereocenters. The topological polar surface area (TPSA) is 45.5 Å². The second-order valence-corrected chi connectivity index (χ2v) is 5.73. The van der Waals surface area contributed by atoms with Crippen molar-refractivity contribution in [2.45, 2.75) is 25.8 Å². The zero-order chi connectivity index (χ0) is 13.2. The van der Waals surface area contributed by atoms with Crippen LogP contribution < -0.4 is 10.2 Å². The minimum atomic E-state index is 0.510. The predicted octanol–water partition coefficient (Wildman–Crippen LogP) is 2.07. The first-order valence-electron chi connectivity index (χ1n) is 6.78. The van der Waals surface area contributed by atoms with Crippen LogP contribution in [0.15, 0.2) is 22.8 Å². The van der Waals surface area contributed by atoms with Gasteiger partial charge >= 0.3 is 0 Å². The molecule has 3 heterocycles. The number of nitrogens with zero attached hydrogens (tertiary/aromatic N) is 4. The van der Waals surface area contributed by atoms with Crippen LogP contribution in [0.3, 0.4) is 0 Å². The van der Waals surface area contributed by atoms with Crippen LogP contribution in [0.2, 0.25) is 0 Å². The number of hydrogen-bond donors (Lipinski definition) is 1. The van der Waals surface area contributed by atoms with Crippen molar-refractivity contribution in [1.29, 1.82) is 0 Å². The third-order valence-electron chi connectivity index (χ3n) is 3.50. The van der Waals surface area contributed by atoms with E-state index in [1.165, 1.54) is 0 Å². The Bertz CT molecular complexity index is 561. The van der Waals surface area contributed by atoms with Gasteiger partial charge in [0.25, 0.3) is 0 Å². The van der Waals surface area contributed by atoms with Crippen molar-refractivity contribution in [1.82, 2.24) is 19.9 Å². The van der Waals surface area contributed by atoms with Crippen LogP contribution in [0.1, 0.15) is 19.8 Å². The van der Waals surface area contributed by atoms with Crippen molar-refractivity contribution in [2.24, 2.45) is 0 Å². The minimum absolute atomic E-state index is 0.510. The molecule has 0 bridgehead atoms. The highest BCUT2D eigenvalue weighted by molar-refractivity contribution is 9.10. The average molecular weight is 324 g/mol. The zero-order valence-corrected chi connectivity index (χ0v) is 12.6. The van der Waals surface area contributed by atoms with Crippen molar-refractivity contribution < 1.29 is 0 Å². The number of aromatic nitrogens is 3. The molecule has 0 spiro atoms. The lowest BCUT2D eigenvalue weighted by atomic mass is 10.2. The summed E-state index contributed by atoms with van der Waals surface area (Å²) in [7, 11) is 0. The van der Waals surface area contributed by atoms with E-state index in [1.807, 2.05) is 22.8 Å². The van der Waals surface area contributed by atoms with E-state index in [0.29, 0.717) is 6.04 Å². The van der Waals surface area contributed by atoms with E-state index in [0.717, 1.165) is 48.5 Å². The molecule has 19 heavy (non-hydrogen) atoms. The number of pyridine rings is 1. The monoisotopic (exact) mass is 323 g/mol. The summed E-state index contributed by atoms with van der Waals surface area (Å²) in [5.41, 5.74) is 0.879. The molecular weight excluding hydrogens is 306 g/mol. The Morgan fingerprint density at radius 1 is 1.58 bits per heavy atom. The summed E-state index contributed by atoms with van der Waals surface area (Å²) in [5.74, 6) is 0.836. The largest absolute Gasteiger partial charge is 0.335 e. The Kier molecular flexibility index (Phi) is 3.70. The first-order valence-corrected chi connectivity index (χ1v) is 7.57. The number of fused-ring (bicyclic) bond motifs is 1. The fourth-order valence-electron chi connectivity index (χ4n) is 2.58. The first-order chi connectivity index (χ1) is 9.29.